The summed E-state index contributed by atoms with van der Waals surface area (Å²) in [6, 6.07) is 6.66. The predicted molar refractivity (Wildman–Crippen MR) is 87.8 cm³/mol. The fourth-order valence-electron chi connectivity index (χ4n) is 2.77. The van der Waals surface area contributed by atoms with E-state index in [-0.39, 0.29) is 17.5 Å². The minimum Gasteiger partial charge on any atom is -0.508 e. The Hall–Kier alpha value is -2.63. The Balaban J connectivity index is 1.69. The summed E-state index contributed by atoms with van der Waals surface area (Å²) in [5.41, 5.74) is 0.340. The molecule has 0 spiro atoms. The van der Waals surface area contributed by atoms with Crippen molar-refractivity contribution < 1.29 is 19.0 Å². The van der Waals surface area contributed by atoms with Crippen LogP contribution in [0.4, 0.5) is 10.1 Å². The molecule has 1 aromatic carbocycles. The number of carbonyl (C=O) groups excluding carboxylic acids is 1. The highest BCUT2D eigenvalue weighted by atomic mass is 19.1. The highest BCUT2D eigenvalue weighted by molar-refractivity contribution is 6.04. The molecule has 0 bridgehead atoms. The second-order valence-corrected chi connectivity index (χ2v) is 5.88. The molecule has 1 aromatic heterocycles. The van der Waals surface area contributed by atoms with E-state index in [9.17, 15) is 14.3 Å². The molecular formula is C18H19FN2O3. The summed E-state index contributed by atoms with van der Waals surface area (Å²) >= 11 is 0. The lowest BCUT2D eigenvalue weighted by Gasteiger charge is -2.22. The Labute approximate surface area is 139 Å². The van der Waals surface area contributed by atoms with E-state index in [4.69, 9.17) is 4.74 Å². The Morgan fingerprint density at radius 2 is 2.00 bits per heavy atom. The van der Waals surface area contributed by atoms with Crippen molar-refractivity contribution in [2.45, 2.75) is 38.2 Å². The standard InChI is InChI=1S/C18H19FN2O3/c19-15-11-13(22)6-7-16(15)21-18(23)12-8-9-20-17(10-12)24-14-4-2-1-3-5-14/h6-11,14,22H,1-5H2,(H,21,23). The number of nitrogens with one attached hydrogen (secondary N) is 1. The molecule has 5 nitrogen and oxygen atoms in total. The van der Waals surface area contributed by atoms with Gasteiger partial charge in [-0.3, -0.25) is 4.79 Å². The molecule has 1 heterocycles. The van der Waals surface area contributed by atoms with Crippen LogP contribution in [0.25, 0.3) is 0 Å². The molecule has 0 saturated heterocycles. The number of phenols is 1. The number of anilines is 1. The van der Waals surface area contributed by atoms with Crippen LogP contribution in [0.3, 0.4) is 0 Å². The molecule has 1 amide bonds. The molecule has 2 N–H and O–H groups in total. The van der Waals surface area contributed by atoms with E-state index < -0.39 is 11.7 Å². The summed E-state index contributed by atoms with van der Waals surface area (Å²) in [4.78, 5) is 16.4. The number of halogens is 1. The van der Waals surface area contributed by atoms with E-state index in [0.717, 1.165) is 31.7 Å². The van der Waals surface area contributed by atoms with Crippen LogP contribution in [0.2, 0.25) is 0 Å². The van der Waals surface area contributed by atoms with Crippen LogP contribution in [-0.4, -0.2) is 22.1 Å². The average molecular weight is 330 g/mol. The molecule has 0 aliphatic heterocycles. The molecule has 1 saturated carbocycles. The van der Waals surface area contributed by atoms with Gasteiger partial charge in [0.15, 0.2) is 0 Å². The van der Waals surface area contributed by atoms with Gasteiger partial charge in [-0.2, -0.15) is 0 Å². The third kappa shape index (κ3) is 4.01. The number of ether oxygens (including phenoxy) is 1. The number of aromatic nitrogens is 1. The molecule has 24 heavy (non-hydrogen) atoms. The number of benzene rings is 1. The van der Waals surface area contributed by atoms with E-state index in [0.29, 0.717) is 11.4 Å². The van der Waals surface area contributed by atoms with Crippen LogP contribution in [-0.2, 0) is 0 Å². The van der Waals surface area contributed by atoms with Gasteiger partial charge in [0.1, 0.15) is 17.7 Å². The number of hydrogen-bond acceptors (Lipinski definition) is 4. The lowest BCUT2D eigenvalue weighted by molar-refractivity contribution is 0.102. The van der Waals surface area contributed by atoms with Gasteiger partial charge in [-0.25, -0.2) is 9.37 Å². The molecule has 1 fully saturated rings. The minimum absolute atomic E-state index is 0.00404. The van der Waals surface area contributed by atoms with Crippen LogP contribution in [0.15, 0.2) is 36.5 Å². The fraction of sp³-hybridized carbons (Fsp3) is 0.333. The molecule has 1 aliphatic carbocycles. The van der Waals surface area contributed by atoms with E-state index in [1.54, 1.807) is 12.1 Å². The zero-order chi connectivity index (χ0) is 16.9. The van der Waals surface area contributed by atoms with Crippen molar-refractivity contribution in [3.8, 4) is 11.6 Å². The number of aromatic hydroxyl groups is 1. The molecule has 1 aliphatic rings. The van der Waals surface area contributed by atoms with Gasteiger partial charge >= 0.3 is 0 Å². The zero-order valence-corrected chi connectivity index (χ0v) is 13.2. The van der Waals surface area contributed by atoms with Crippen molar-refractivity contribution >= 4 is 11.6 Å². The summed E-state index contributed by atoms with van der Waals surface area (Å²) < 4.78 is 19.5. The van der Waals surface area contributed by atoms with Gasteiger partial charge in [-0.15, -0.1) is 0 Å². The maximum absolute atomic E-state index is 13.7. The van der Waals surface area contributed by atoms with Crippen LogP contribution in [0.5, 0.6) is 11.6 Å². The molecular weight excluding hydrogens is 311 g/mol. The first-order valence-corrected chi connectivity index (χ1v) is 8.04. The van der Waals surface area contributed by atoms with Crippen molar-refractivity contribution in [3.05, 3.63) is 47.9 Å². The van der Waals surface area contributed by atoms with Crippen molar-refractivity contribution in [3.63, 3.8) is 0 Å². The van der Waals surface area contributed by atoms with Gasteiger partial charge in [-0.1, -0.05) is 6.42 Å². The van der Waals surface area contributed by atoms with E-state index in [1.807, 2.05) is 0 Å². The number of hydrogen-bond donors (Lipinski definition) is 2. The molecule has 2 aromatic rings. The summed E-state index contributed by atoms with van der Waals surface area (Å²) in [6.45, 7) is 0. The Morgan fingerprint density at radius 1 is 1.21 bits per heavy atom. The van der Waals surface area contributed by atoms with Gasteiger partial charge < -0.3 is 15.2 Å². The van der Waals surface area contributed by atoms with Gasteiger partial charge in [0.05, 0.1) is 5.69 Å². The summed E-state index contributed by atoms with van der Waals surface area (Å²) in [5, 5.41) is 11.7. The monoisotopic (exact) mass is 330 g/mol. The quantitative estimate of drug-likeness (QED) is 0.834. The van der Waals surface area contributed by atoms with E-state index in [1.165, 1.54) is 24.8 Å². The third-order valence-corrected chi connectivity index (χ3v) is 4.04. The third-order valence-electron chi connectivity index (χ3n) is 4.04. The molecule has 126 valence electrons. The molecule has 0 unspecified atom stereocenters. The van der Waals surface area contributed by atoms with Crippen LogP contribution in [0, 0.1) is 5.82 Å². The first-order valence-electron chi connectivity index (χ1n) is 8.04. The van der Waals surface area contributed by atoms with Gasteiger partial charge in [-0.05, 0) is 43.9 Å². The van der Waals surface area contributed by atoms with Gasteiger partial charge in [0.2, 0.25) is 5.88 Å². The highest BCUT2D eigenvalue weighted by Gasteiger charge is 2.17. The number of rotatable bonds is 4. The zero-order valence-electron chi connectivity index (χ0n) is 13.2. The normalized spacial score (nSPS) is 15.0. The first-order chi connectivity index (χ1) is 11.6. The lowest BCUT2D eigenvalue weighted by atomic mass is 9.98. The highest BCUT2D eigenvalue weighted by Crippen LogP contribution is 2.23. The number of amides is 1. The van der Waals surface area contributed by atoms with E-state index >= 15 is 0 Å². The molecule has 6 heteroatoms. The van der Waals surface area contributed by atoms with Crippen molar-refractivity contribution in [1.82, 2.24) is 4.98 Å². The van der Waals surface area contributed by atoms with Gasteiger partial charge in [0, 0.05) is 23.9 Å². The SMILES string of the molecule is O=C(Nc1ccc(O)cc1F)c1ccnc(OC2CCCCC2)c1. The second-order valence-electron chi connectivity index (χ2n) is 5.88. The Morgan fingerprint density at radius 3 is 2.75 bits per heavy atom. The Bertz CT molecular complexity index is 730. The number of pyridine rings is 1. The predicted octanol–water partition coefficient (Wildman–Crippen LogP) is 3.89. The number of nitrogens with zero attached hydrogens (tertiary/aromatic N) is 1. The average Bonchev–Trinajstić information content (AvgIpc) is 2.58. The fourth-order valence-corrected chi connectivity index (χ4v) is 2.77. The smallest absolute Gasteiger partial charge is 0.255 e. The van der Waals surface area contributed by atoms with Gasteiger partial charge in [0.25, 0.3) is 5.91 Å². The maximum atomic E-state index is 13.7. The molecule has 3 rings (SSSR count). The van der Waals surface area contributed by atoms with Crippen molar-refractivity contribution in [2.75, 3.05) is 5.32 Å². The van der Waals surface area contributed by atoms with Crippen molar-refractivity contribution in [2.24, 2.45) is 0 Å². The largest absolute Gasteiger partial charge is 0.508 e. The van der Waals surface area contributed by atoms with E-state index in [2.05, 4.69) is 10.3 Å². The number of phenolic OH excluding ortho intramolecular Hbond substituents is 1. The van der Waals surface area contributed by atoms with Crippen LogP contribution < -0.4 is 10.1 Å². The summed E-state index contributed by atoms with van der Waals surface area (Å²) in [5.74, 6) is -0.954. The van der Waals surface area contributed by atoms with Crippen LogP contribution >= 0.6 is 0 Å². The second kappa shape index (κ2) is 7.29. The lowest BCUT2D eigenvalue weighted by Crippen LogP contribution is -2.20. The first kappa shape index (κ1) is 16.2. The maximum Gasteiger partial charge on any atom is 0.255 e. The number of carbonyl (C=O) groups is 1. The summed E-state index contributed by atoms with van der Waals surface area (Å²) in [7, 11) is 0. The van der Waals surface area contributed by atoms with Crippen molar-refractivity contribution in [1.29, 1.82) is 0 Å². The summed E-state index contributed by atoms with van der Waals surface area (Å²) in [6.07, 6.45) is 7.15. The Kier molecular flexibility index (Phi) is 4.93. The topological polar surface area (TPSA) is 71.5 Å². The minimum atomic E-state index is -0.698. The molecule has 0 atom stereocenters. The van der Waals surface area contributed by atoms with Crippen LogP contribution in [0.1, 0.15) is 42.5 Å². The molecule has 0 radical (unpaired) electrons.